The second-order valence-corrected chi connectivity index (χ2v) is 17.6. The number of fused-ring (bicyclic) bond motifs is 3. The fourth-order valence-electron chi connectivity index (χ4n) is 6.24. The average Bonchev–Trinajstić information content (AvgIpc) is 3.30. The molecule has 1 N–H and O–H groups in total. The molecular formula is C27H37BrN4OSi. The average molecular weight is 542 g/mol. The van der Waals surface area contributed by atoms with E-state index in [1.54, 1.807) is 13.8 Å². The third-order valence-electron chi connectivity index (χ3n) is 7.59. The number of aromatic nitrogens is 4. The highest BCUT2D eigenvalue weighted by Gasteiger charge is 2.46. The zero-order chi connectivity index (χ0) is 25.2. The van der Waals surface area contributed by atoms with E-state index in [-0.39, 0.29) is 0 Å². The summed E-state index contributed by atoms with van der Waals surface area (Å²) in [6.45, 7) is 20.0. The van der Waals surface area contributed by atoms with Crippen LogP contribution in [-0.2, 0) is 5.60 Å². The summed E-state index contributed by atoms with van der Waals surface area (Å²) in [5, 5.41) is 10.3. The van der Waals surface area contributed by atoms with Crippen molar-refractivity contribution in [3.63, 3.8) is 0 Å². The van der Waals surface area contributed by atoms with E-state index >= 15 is 0 Å². The lowest BCUT2D eigenvalue weighted by atomic mass is 9.96. The van der Waals surface area contributed by atoms with Gasteiger partial charge in [-0.1, -0.05) is 65.8 Å². The summed E-state index contributed by atoms with van der Waals surface area (Å²) in [6, 6.07) is 8.02. The van der Waals surface area contributed by atoms with E-state index in [9.17, 15) is 5.11 Å². The molecule has 0 fully saturated rings. The van der Waals surface area contributed by atoms with Crippen LogP contribution in [0, 0.1) is 6.92 Å². The SMILES string of the molecule is Cc1nc2c(c(Br)cn2[Si](C(C)C)(C(C)C)C(C)C)n2cnc(-c3ccc(C(C)(C)O)cc3)c12. The zero-order valence-corrected chi connectivity index (χ0v) is 24.4. The minimum Gasteiger partial charge on any atom is -0.386 e. The number of aryl methyl sites for hydroxylation is 1. The molecule has 0 saturated carbocycles. The van der Waals surface area contributed by atoms with Crippen molar-refractivity contribution in [2.45, 2.75) is 84.5 Å². The molecule has 3 aromatic heterocycles. The highest BCUT2D eigenvalue weighted by atomic mass is 79.9. The largest absolute Gasteiger partial charge is 0.386 e. The smallest absolute Gasteiger partial charge is 0.171 e. The van der Waals surface area contributed by atoms with Crippen LogP contribution in [0.2, 0.25) is 16.6 Å². The first-order chi connectivity index (χ1) is 15.8. The summed E-state index contributed by atoms with van der Waals surface area (Å²) in [4.78, 5) is 10.0. The molecule has 3 heterocycles. The molecule has 0 bridgehead atoms. The lowest BCUT2D eigenvalue weighted by Gasteiger charge is -2.44. The molecule has 0 aliphatic carbocycles. The van der Waals surface area contributed by atoms with E-state index in [0.29, 0.717) is 16.6 Å². The molecule has 5 nitrogen and oxygen atoms in total. The maximum Gasteiger partial charge on any atom is 0.171 e. The van der Waals surface area contributed by atoms with Gasteiger partial charge in [0, 0.05) is 11.8 Å². The minimum atomic E-state index is -1.97. The molecule has 0 unspecified atom stereocenters. The first-order valence-electron chi connectivity index (χ1n) is 12.2. The van der Waals surface area contributed by atoms with Crippen molar-refractivity contribution < 1.29 is 5.11 Å². The highest BCUT2D eigenvalue weighted by Crippen LogP contribution is 2.45. The third kappa shape index (κ3) is 3.67. The van der Waals surface area contributed by atoms with Crippen molar-refractivity contribution >= 4 is 40.8 Å². The van der Waals surface area contributed by atoms with Gasteiger partial charge in [-0.05, 0) is 58.9 Å². The number of benzene rings is 1. The van der Waals surface area contributed by atoms with Gasteiger partial charge in [-0.3, -0.25) is 4.40 Å². The van der Waals surface area contributed by atoms with Gasteiger partial charge in [0.25, 0.3) is 0 Å². The summed E-state index contributed by atoms with van der Waals surface area (Å²) in [5.41, 5.74) is 7.76. The van der Waals surface area contributed by atoms with Crippen molar-refractivity contribution in [2.24, 2.45) is 0 Å². The minimum absolute atomic E-state index is 0.570. The summed E-state index contributed by atoms with van der Waals surface area (Å²) < 4.78 is 5.80. The van der Waals surface area contributed by atoms with Gasteiger partial charge in [0.15, 0.2) is 13.9 Å². The molecule has 4 aromatic rings. The number of imidazole rings is 1. The normalized spacial score (nSPS) is 13.4. The molecule has 0 amide bonds. The van der Waals surface area contributed by atoms with Crippen LogP contribution >= 0.6 is 15.9 Å². The van der Waals surface area contributed by atoms with Gasteiger partial charge in [-0.25, -0.2) is 9.97 Å². The van der Waals surface area contributed by atoms with E-state index in [0.717, 1.165) is 43.7 Å². The summed E-state index contributed by atoms with van der Waals surface area (Å²) in [7, 11) is -1.97. The van der Waals surface area contributed by atoms with Gasteiger partial charge >= 0.3 is 0 Å². The van der Waals surface area contributed by atoms with Crippen LogP contribution in [0.5, 0.6) is 0 Å². The fraction of sp³-hybridized carbons (Fsp3) is 0.481. The molecule has 0 aliphatic rings. The van der Waals surface area contributed by atoms with Crippen molar-refractivity contribution in [1.82, 2.24) is 18.6 Å². The van der Waals surface area contributed by atoms with E-state index in [1.807, 2.05) is 30.6 Å². The fourth-order valence-corrected chi connectivity index (χ4v) is 13.5. The van der Waals surface area contributed by atoms with Gasteiger partial charge in [-0.15, -0.1) is 0 Å². The lowest BCUT2D eigenvalue weighted by Crippen LogP contribution is -2.51. The van der Waals surface area contributed by atoms with E-state index in [2.05, 4.69) is 79.2 Å². The maximum atomic E-state index is 10.3. The topological polar surface area (TPSA) is 55.4 Å². The second kappa shape index (κ2) is 8.61. The number of hydrogen-bond donors (Lipinski definition) is 1. The lowest BCUT2D eigenvalue weighted by molar-refractivity contribution is 0.0786. The predicted molar refractivity (Wildman–Crippen MR) is 148 cm³/mol. The van der Waals surface area contributed by atoms with E-state index in [4.69, 9.17) is 9.97 Å². The Balaban J connectivity index is 1.99. The molecule has 1 aromatic carbocycles. The zero-order valence-electron chi connectivity index (χ0n) is 21.8. The summed E-state index contributed by atoms with van der Waals surface area (Å²) in [6.07, 6.45) is 4.20. The van der Waals surface area contributed by atoms with Gasteiger partial charge in [0.05, 0.1) is 27.0 Å². The van der Waals surface area contributed by atoms with Crippen LogP contribution in [0.3, 0.4) is 0 Å². The quantitative estimate of drug-likeness (QED) is 0.255. The maximum absolute atomic E-state index is 10.3. The Morgan fingerprint density at radius 2 is 1.50 bits per heavy atom. The number of aliphatic hydroxyl groups is 1. The first-order valence-corrected chi connectivity index (χ1v) is 15.2. The third-order valence-corrected chi connectivity index (χ3v) is 14.9. The Morgan fingerprint density at radius 3 is 2.00 bits per heavy atom. The molecule has 0 aliphatic heterocycles. The van der Waals surface area contributed by atoms with Crippen LogP contribution in [0.25, 0.3) is 27.9 Å². The number of nitrogens with zero attached hydrogens (tertiary/aromatic N) is 4. The Hall–Kier alpha value is -1.96. The molecule has 0 radical (unpaired) electrons. The first kappa shape index (κ1) is 25.1. The Labute approximate surface area is 212 Å². The molecule has 182 valence electrons. The predicted octanol–water partition coefficient (Wildman–Crippen LogP) is 7.67. The molecule has 0 spiro atoms. The van der Waals surface area contributed by atoms with Crippen molar-refractivity contribution in [2.75, 3.05) is 0 Å². The van der Waals surface area contributed by atoms with Crippen molar-refractivity contribution in [3.05, 3.63) is 52.5 Å². The van der Waals surface area contributed by atoms with Gasteiger partial charge in [-0.2, -0.15) is 0 Å². The standard InChI is InChI=1S/C27H37BrN4OSi/c1-16(2)34(17(3)4,18(5)6)32-14-22(28)25-26(32)30-19(7)24-23(29-15-31(24)25)20-10-12-21(13-11-20)27(8,9)33/h10-18,33H,1-9H3. The Bertz CT molecular complexity index is 1320. The van der Waals surface area contributed by atoms with E-state index in [1.165, 1.54) is 0 Å². The Morgan fingerprint density at radius 1 is 0.941 bits per heavy atom. The summed E-state index contributed by atoms with van der Waals surface area (Å²) >= 11 is 3.89. The molecule has 0 atom stereocenters. The second-order valence-electron chi connectivity index (χ2n) is 11.0. The van der Waals surface area contributed by atoms with Crippen molar-refractivity contribution in [3.8, 4) is 11.3 Å². The Kier molecular flexibility index (Phi) is 6.36. The van der Waals surface area contributed by atoms with Crippen LogP contribution in [-0.4, -0.2) is 31.9 Å². The van der Waals surface area contributed by atoms with Crippen molar-refractivity contribution in [1.29, 1.82) is 0 Å². The van der Waals surface area contributed by atoms with Gasteiger partial charge in [0.1, 0.15) is 11.8 Å². The number of halogens is 1. The number of hydrogen-bond acceptors (Lipinski definition) is 3. The van der Waals surface area contributed by atoms with Crippen LogP contribution < -0.4 is 0 Å². The molecule has 0 saturated heterocycles. The number of rotatable bonds is 6. The summed E-state index contributed by atoms with van der Waals surface area (Å²) in [5.74, 6) is 0. The van der Waals surface area contributed by atoms with Gasteiger partial charge < -0.3 is 9.34 Å². The monoisotopic (exact) mass is 540 g/mol. The van der Waals surface area contributed by atoms with E-state index < -0.39 is 13.8 Å². The molecule has 34 heavy (non-hydrogen) atoms. The highest BCUT2D eigenvalue weighted by molar-refractivity contribution is 9.10. The molecular weight excluding hydrogens is 504 g/mol. The molecule has 4 rings (SSSR count). The van der Waals surface area contributed by atoms with Crippen LogP contribution in [0.1, 0.15) is 66.6 Å². The van der Waals surface area contributed by atoms with Crippen LogP contribution in [0.4, 0.5) is 0 Å². The molecule has 7 heteroatoms. The van der Waals surface area contributed by atoms with Crippen LogP contribution in [0.15, 0.2) is 41.3 Å². The van der Waals surface area contributed by atoms with Gasteiger partial charge in [0.2, 0.25) is 0 Å².